The van der Waals surface area contributed by atoms with Crippen LogP contribution >= 0.6 is 0 Å². The van der Waals surface area contributed by atoms with Crippen LogP contribution in [0.25, 0.3) is 0 Å². The average molecular weight is 900 g/mol. The molecule has 0 bridgehead atoms. The molecule has 1 heterocycles. The van der Waals surface area contributed by atoms with Gasteiger partial charge in [-0.1, -0.05) is 84.4 Å². The molecular weight excluding hydrogens is 829 g/mol. The third-order valence-electron chi connectivity index (χ3n) is 18.3. The van der Waals surface area contributed by atoms with Crippen LogP contribution in [0.4, 0.5) is 0 Å². The van der Waals surface area contributed by atoms with Crippen LogP contribution in [0.3, 0.4) is 0 Å². The van der Waals surface area contributed by atoms with Crippen molar-refractivity contribution in [3.05, 3.63) is 83.0 Å². The number of carbonyl (C=O) groups is 4. The number of hydrogen-bond donors (Lipinski definition) is 0. The van der Waals surface area contributed by atoms with Crippen LogP contribution in [-0.4, -0.2) is 55.0 Å². The third kappa shape index (κ3) is 7.80. The maximum absolute atomic E-state index is 14.9. The van der Waals surface area contributed by atoms with Crippen molar-refractivity contribution in [3.63, 3.8) is 0 Å². The Morgan fingerprint density at radius 1 is 0.788 bits per heavy atom. The van der Waals surface area contributed by atoms with Crippen molar-refractivity contribution in [2.24, 2.45) is 50.2 Å². The van der Waals surface area contributed by atoms with E-state index < -0.39 is 45.9 Å². The monoisotopic (exact) mass is 900 g/mol. The van der Waals surface area contributed by atoms with Gasteiger partial charge in [0.1, 0.15) is 18.4 Å². The molecule has 2 aromatic rings. The summed E-state index contributed by atoms with van der Waals surface area (Å²) in [5, 5.41) is 10.1. The number of unbranched alkanes of at least 4 members (excludes halogenated alkanes) is 1. The van der Waals surface area contributed by atoms with Gasteiger partial charge in [0, 0.05) is 16.7 Å². The SMILES string of the molecule is CC1(C)CC[C@]2(C(=O)OCCCCOC(=O)c3ccc(OCc4ccc(B5OC(C)(C)C(C)(C)O5)cc4)cc3)CC[C@]3(C)[C@H](C(=O)C=C4[C@@]5(C)C=C(C#N)C(=O)C(C)(C)[C@@H]5CC[C@]43C)[C@@H]2C1. The standard InChI is InChI=1S/C55H70BNO9/c1-48(2)24-26-55(27-25-54(11)44(40(55)32-48)41(58)30-43-52(9)31-37(33-57)45(59)49(3,4)42(52)22-23-53(43,54)10)47(61)63-29-13-12-28-62-46(60)36-16-20-39(21-17-36)64-34-35-14-18-38(19-15-35)56-65-50(5,6)51(7,8)66-56/h14-21,30-31,40,42,44H,12-13,22-29,32,34H2,1-11H3/t40-,42-,44-,52-,53+,54+,55-/m0/s1. The van der Waals surface area contributed by atoms with E-state index in [1.54, 1.807) is 24.3 Å². The highest BCUT2D eigenvalue weighted by Gasteiger charge is 2.71. The van der Waals surface area contributed by atoms with Crippen molar-refractivity contribution in [2.75, 3.05) is 13.2 Å². The molecule has 0 aromatic heterocycles. The summed E-state index contributed by atoms with van der Waals surface area (Å²) in [5.41, 5.74) is -0.122. The van der Waals surface area contributed by atoms with Crippen molar-refractivity contribution < 1.29 is 42.7 Å². The molecule has 6 aliphatic rings. The highest BCUT2D eigenvalue weighted by molar-refractivity contribution is 6.62. The second-order valence-electron chi connectivity index (χ2n) is 23.5. The summed E-state index contributed by atoms with van der Waals surface area (Å²) in [5.74, 6) is -0.602. The lowest BCUT2D eigenvalue weighted by atomic mass is 9.34. The molecule has 66 heavy (non-hydrogen) atoms. The molecule has 1 aliphatic heterocycles. The first kappa shape index (κ1) is 47.9. The minimum atomic E-state index is -0.756. The molecule has 4 fully saturated rings. The number of allylic oxidation sites excluding steroid dienone is 4. The zero-order valence-electron chi connectivity index (χ0n) is 41.2. The number of hydrogen-bond acceptors (Lipinski definition) is 10. The maximum Gasteiger partial charge on any atom is 0.494 e. The Balaban J connectivity index is 0.851. The molecule has 10 nitrogen and oxygen atoms in total. The summed E-state index contributed by atoms with van der Waals surface area (Å²) < 4.78 is 30.0. The van der Waals surface area contributed by atoms with Gasteiger partial charge in [-0.15, -0.1) is 0 Å². The van der Waals surface area contributed by atoms with E-state index in [9.17, 15) is 24.4 Å². The molecule has 0 amide bonds. The van der Waals surface area contributed by atoms with E-state index in [-0.39, 0.29) is 64.9 Å². The Morgan fingerprint density at radius 2 is 1.41 bits per heavy atom. The van der Waals surface area contributed by atoms with Crippen molar-refractivity contribution in [2.45, 2.75) is 152 Å². The first-order valence-corrected chi connectivity index (χ1v) is 24.3. The van der Waals surface area contributed by atoms with Crippen molar-refractivity contribution >= 4 is 36.1 Å². The Labute approximate surface area is 392 Å². The number of rotatable bonds is 11. The number of esters is 2. The van der Waals surface area contributed by atoms with Crippen molar-refractivity contribution in [1.29, 1.82) is 5.26 Å². The van der Waals surface area contributed by atoms with Crippen LogP contribution < -0.4 is 10.2 Å². The fraction of sp³-hybridized carbons (Fsp3) is 0.618. The number of ether oxygens (including phenoxy) is 3. The van der Waals surface area contributed by atoms with E-state index in [0.29, 0.717) is 50.0 Å². The Kier molecular flexibility index (Phi) is 12.1. The van der Waals surface area contributed by atoms with Gasteiger partial charge in [0.15, 0.2) is 11.6 Å². The Hall–Kier alpha value is -4.53. The van der Waals surface area contributed by atoms with Crippen LogP contribution in [0.2, 0.25) is 0 Å². The van der Waals surface area contributed by atoms with Gasteiger partial charge in [-0.05, 0) is 155 Å². The van der Waals surface area contributed by atoms with E-state index in [2.05, 4.69) is 40.7 Å². The minimum Gasteiger partial charge on any atom is -0.489 e. The number of benzene rings is 2. The molecule has 352 valence electrons. The molecule has 8 rings (SSSR count). The normalized spacial score (nSPS) is 33.4. The molecule has 0 radical (unpaired) electrons. The van der Waals surface area contributed by atoms with Gasteiger partial charge >= 0.3 is 19.1 Å². The maximum atomic E-state index is 14.9. The van der Waals surface area contributed by atoms with Gasteiger partial charge < -0.3 is 23.5 Å². The summed E-state index contributed by atoms with van der Waals surface area (Å²) in [6.07, 6.45) is 10.2. The van der Waals surface area contributed by atoms with Gasteiger partial charge in [0.05, 0.1) is 41.0 Å². The zero-order chi connectivity index (χ0) is 47.9. The summed E-state index contributed by atoms with van der Waals surface area (Å²) in [6.45, 7) is 24.1. The minimum absolute atomic E-state index is 0.0275. The number of nitrogens with zero attached hydrogens (tertiary/aromatic N) is 1. The van der Waals surface area contributed by atoms with Crippen molar-refractivity contribution in [3.8, 4) is 11.8 Å². The Bertz CT molecular complexity index is 2370. The quantitative estimate of drug-likeness (QED) is 0.122. The van der Waals surface area contributed by atoms with Gasteiger partial charge in [0.2, 0.25) is 0 Å². The highest BCUT2D eigenvalue weighted by atomic mass is 16.7. The number of nitriles is 1. The van der Waals surface area contributed by atoms with E-state index in [0.717, 1.165) is 42.3 Å². The van der Waals surface area contributed by atoms with Gasteiger partial charge in [-0.2, -0.15) is 5.26 Å². The highest BCUT2D eigenvalue weighted by Crippen LogP contribution is 2.74. The lowest BCUT2D eigenvalue weighted by Gasteiger charge is -2.68. The van der Waals surface area contributed by atoms with Gasteiger partial charge in [-0.25, -0.2) is 4.79 Å². The molecule has 0 N–H and O–H groups in total. The first-order chi connectivity index (χ1) is 30.8. The Morgan fingerprint density at radius 3 is 2.05 bits per heavy atom. The van der Waals surface area contributed by atoms with Gasteiger partial charge in [0.25, 0.3) is 0 Å². The summed E-state index contributed by atoms with van der Waals surface area (Å²) in [7, 11) is -0.421. The number of ketones is 2. The topological polar surface area (TPSA) is 138 Å². The van der Waals surface area contributed by atoms with Crippen LogP contribution in [0.5, 0.6) is 5.75 Å². The largest absolute Gasteiger partial charge is 0.494 e. The summed E-state index contributed by atoms with van der Waals surface area (Å²) in [4.78, 5) is 55.7. The smallest absolute Gasteiger partial charge is 0.489 e. The molecular formula is C55H70BNO9. The molecule has 3 saturated carbocycles. The number of carbonyl (C=O) groups excluding carboxylic acids is 4. The predicted octanol–water partition coefficient (Wildman–Crippen LogP) is 10.3. The lowest BCUT2D eigenvalue weighted by molar-refractivity contribution is -0.193. The third-order valence-corrected chi connectivity index (χ3v) is 18.3. The summed E-state index contributed by atoms with van der Waals surface area (Å²) in [6, 6.07) is 17.1. The number of fused-ring (bicyclic) bond motifs is 7. The average Bonchev–Trinajstić information content (AvgIpc) is 3.48. The van der Waals surface area contributed by atoms with Gasteiger partial charge in [-0.3, -0.25) is 14.4 Å². The van der Waals surface area contributed by atoms with Crippen LogP contribution in [0, 0.1) is 61.6 Å². The van der Waals surface area contributed by atoms with E-state index in [1.165, 1.54) is 0 Å². The van der Waals surface area contributed by atoms with Crippen LogP contribution in [0.15, 0.2) is 71.8 Å². The predicted molar refractivity (Wildman–Crippen MR) is 252 cm³/mol. The second kappa shape index (κ2) is 16.6. The van der Waals surface area contributed by atoms with E-state index in [1.807, 2.05) is 78.0 Å². The van der Waals surface area contributed by atoms with E-state index in [4.69, 9.17) is 23.5 Å². The fourth-order valence-electron chi connectivity index (χ4n) is 13.4. The van der Waals surface area contributed by atoms with Crippen LogP contribution in [0.1, 0.15) is 150 Å². The molecule has 7 atom stereocenters. The lowest BCUT2D eigenvalue weighted by Crippen LogP contribution is -2.66. The van der Waals surface area contributed by atoms with E-state index >= 15 is 0 Å². The first-order valence-electron chi connectivity index (χ1n) is 24.3. The number of Topliss-reactive ketones (excluding diaryl/α,β-unsaturated/α-hetero) is 1. The van der Waals surface area contributed by atoms with Crippen LogP contribution in [-0.2, 0) is 39.8 Å². The molecule has 0 unspecified atom stereocenters. The molecule has 0 spiro atoms. The second-order valence-corrected chi connectivity index (χ2v) is 23.5. The zero-order valence-corrected chi connectivity index (χ0v) is 41.2. The molecule has 1 saturated heterocycles. The fourth-order valence-corrected chi connectivity index (χ4v) is 13.4. The molecule has 11 heteroatoms. The molecule has 2 aromatic carbocycles. The molecule has 5 aliphatic carbocycles. The summed E-state index contributed by atoms with van der Waals surface area (Å²) >= 11 is 0. The van der Waals surface area contributed by atoms with Crippen molar-refractivity contribution in [1.82, 2.24) is 0 Å².